The van der Waals surface area contributed by atoms with Crippen molar-refractivity contribution in [2.75, 3.05) is 11.9 Å². The van der Waals surface area contributed by atoms with Gasteiger partial charge in [0, 0.05) is 0 Å². The normalized spacial score (nSPS) is 12.1. The molecule has 1 amide bonds. The SMILES string of the molecule is CC(C)[C@H](NS(=O)(=O)c1ccccc1F)C(=O)OCC(=O)Nc1c(C#N)cnn1-c1ccccc1. The topological polar surface area (TPSA) is 143 Å². The van der Waals surface area contributed by atoms with Gasteiger partial charge in [0.05, 0.1) is 11.9 Å². The van der Waals surface area contributed by atoms with Crippen molar-refractivity contribution in [1.29, 1.82) is 5.26 Å². The van der Waals surface area contributed by atoms with Crippen LogP contribution in [0.3, 0.4) is 0 Å². The van der Waals surface area contributed by atoms with Gasteiger partial charge in [-0.05, 0) is 30.2 Å². The van der Waals surface area contributed by atoms with Crippen molar-refractivity contribution < 1.29 is 27.1 Å². The molecule has 2 aromatic carbocycles. The summed E-state index contributed by atoms with van der Waals surface area (Å²) in [5.41, 5.74) is 0.676. The van der Waals surface area contributed by atoms with Gasteiger partial charge in [-0.15, -0.1) is 0 Å². The lowest BCUT2D eigenvalue weighted by molar-refractivity contribution is -0.150. The molecule has 0 fully saturated rings. The molecule has 10 nitrogen and oxygen atoms in total. The predicted molar refractivity (Wildman–Crippen MR) is 123 cm³/mol. The standard InChI is InChI=1S/C23H22FN5O5S/c1-15(2)21(28-35(32,33)19-11-7-6-10-18(19)24)23(31)34-14-20(30)27-22-16(12-25)13-26-29(22)17-8-4-3-5-9-17/h3-11,13,15,21,28H,14H2,1-2H3,(H,27,30)/t21-/m0/s1. The smallest absolute Gasteiger partial charge is 0.324 e. The number of nitriles is 1. The van der Waals surface area contributed by atoms with E-state index < -0.39 is 51.2 Å². The highest BCUT2D eigenvalue weighted by Gasteiger charge is 2.31. The van der Waals surface area contributed by atoms with Gasteiger partial charge in [0.1, 0.15) is 28.4 Å². The Morgan fingerprint density at radius 1 is 1.14 bits per heavy atom. The highest BCUT2D eigenvalue weighted by Crippen LogP contribution is 2.20. The van der Waals surface area contributed by atoms with Crippen LogP contribution in [0.1, 0.15) is 19.4 Å². The van der Waals surface area contributed by atoms with E-state index in [4.69, 9.17) is 4.74 Å². The summed E-state index contributed by atoms with van der Waals surface area (Å²) >= 11 is 0. The van der Waals surface area contributed by atoms with Crippen LogP contribution in [0, 0.1) is 23.1 Å². The molecule has 0 aliphatic rings. The second kappa shape index (κ2) is 10.9. The van der Waals surface area contributed by atoms with E-state index in [2.05, 4.69) is 15.1 Å². The molecule has 0 saturated carbocycles. The van der Waals surface area contributed by atoms with Crippen LogP contribution in [0.15, 0.2) is 65.7 Å². The Bertz CT molecular complexity index is 1370. The summed E-state index contributed by atoms with van der Waals surface area (Å²) in [6, 6.07) is 14.0. The number of amides is 1. The summed E-state index contributed by atoms with van der Waals surface area (Å²) < 4.78 is 47.6. The summed E-state index contributed by atoms with van der Waals surface area (Å²) in [4.78, 5) is 24.5. The Labute approximate surface area is 201 Å². The monoisotopic (exact) mass is 499 g/mol. The Balaban J connectivity index is 1.70. The van der Waals surface area contributed by atoms with Gasteiger partial charge in [0.15, 0.2) is 12.4 Å². The number of nitrogens with zero attached hydrogens (tertiary/aromatic N) is 3. The first-order valence-electron chi connectivity index (χ1n) is 10.4. The second-order valence-electron chi connectivity index (χ2n) is 7.70. The number of hydrogen-bond acceptors (Lipinski definition) is 7. The number of esters is 1. The molecule has 0 bridgehead atoms. The van der Waals surface area contributed by atoms with E-state index in [1.165, 1.54) is 23.0 Å². The maximum Gasteiger partial charge on any atom is 0.324 e. The number of benzene rings is 2. The maximum atomic E-state index is 14.0. The van der Waals surface area contributed by atoms with Crippen molar-refractivity contribution in [1.82, 2.24) is 14.5 Å². The van der Waals surface area contributed by atoms with E-state index in [1.54, 1.807) is 44.2 Å². The molecule has 1 aromatic heterocycles. The Morgan fingerprint density at radius 3 is 2.43 bits per heavy atom. The fourth-order valence-corrected chi connectivity index (χ4v) is 4.47. The van der Waals surface area contributed by atoms with Gasteiger partial charge in [-0.25, -0.2) is 17.5 Å². The second-order valence-corrected chi connectivity index (χ2v) is 9.38. The van der Waals surface area contributed by atoms with Crippen LogP contribution < -0.4 is 10.0 Å². The zero-order valence-corrected chi connectivity index (χ0v) is 19.6. The molecule has 182 valence electrons. The molecule has 0 aliphatic heterocycles. The first kappa shape index (κ1) is 25.5. The number of hydrogen-bond donors (Lipinski definition) is 2. The maximum absolute atomic E-state index is 14.0. The van der Waals surface area contributed by atoms with Gasteiger partial charge < -0.3 is 10.1 Å². The van der Waals surface area contributed by atoms with Crippen molar-refractivity contribution in [3.63, 3.8) is 0 Å². The molecule has 0 spiro atoms. The van der Waals surface area contributed by atoms with Crippen LogP contribution in [-0.4, -0.2) is 42.7 Å². The predicted octanol–water partition coefficient (Wildman–Crippen LogP) is 2.37. The molecule has 0 aliphatic carbocycles. The van der Waals surface area contributed by atoms with Crippen LogP contribution in [0.2, 0.25) is 0 Å². The van der Waals surface area contributed by atoms with E-state index in [9.17, 15) is 27.7 Å². The van der Waals surface area contributed by atoms with Crippen molar-refractivity contribution >= 4 is 27.7 Å². The number of nitrogens with one attached hydrogen (secondary N) is 2. The molecule has 3 rings (SSSR count). The van der Waals surface area contributed by atoms with E-state index in [1.807, 2.05) is 6.07 Å². The summed E-state index contributed by atoms with van der Waals surface area (Å²) in [7, 11) is -4.38. The van der Waals surface area contributed by atoms with E-state index in [0.717, 1.165) is 12.1 Å². The number of rotatable bonds is 9. The van der Waals surface area contributed by atoms with Crippen LogP contribution in [0.4, 0.5) is 10.2 Å². The average Bonchev–Trinajstić information content (AvgIpc) is 3.24. The highest BCUT2D eigenvalue weighted by molar-refractivity contribution is 7.89. The number of para-hydroxylation sites is 1. The molecular formula is C23H22FN5O5S. The van der Waals surface area contributed by atoms with Gasteiger partial charge in [0.25, 0.3) is 5.91 Å². The highest BCUT2D eigenvalue weighted by atomic mass is 32.2. The Morgan fingerprint density at radius 2 is 1.80 bits per heavy atom. The third-order valence-corrected chi connectivity index (χ3v) is 6.30. The first-order chi connectivity index (χ1) is 16.6. The van der Waals surface area contributed by atoms with E-state index >= 15 is 0 Å². The molecule has 35 heavy (non-hydrogen) atoms. The number of sulfonamides is 1. The van der Waals surface area contributed by atoms with Crippen molar-refractivity contribution in [2.24, 2.45) is 5.92 Å². The number of aromatic nitrogens is 2. The number of carbonyl (C=O) groups is 2. The molecule has 1 heterocycles. The van der Waals surface area contributed by atoms with Gasteiger partial charge in [-0.2, -0.15) is 15.1 Å². The van der Waals surface area contributed by atoms with Gasteiger partial charge in [-0.3, -0.25) is 9.59 Å². The van der Waals surface area contributed by atoms with Crippen LogP contribution >= 0.6 is 0 Å². The molecule has 0 radical (unpaired) electrons. The lowest BCUT2D eigenvalue weighted by atomic mass is 10.1. The third-order valence-electron chi connectivity index (χ3n) is 4.82. The van der Waals surface area contributed by atoms with E-state index in [0.29, 0.717) is 5.69 Å². The van der Waals surface area contributed by atoms with Crippen molar-refractivity contribution in [3.8, 4) is 11.8 Å². The lowest BCUT2D eigenvalue weighted by Crippen LogP contribution is -2.46. The van der Waals surface area contributed by atoms with Crippen LogP contribution in [0.25, 0.3) is 5.69 Å². The van der Waals surface area contributed by atoms with Crippen molar-refractivity contribution in [3.05, 3.63) is 72.2 Å². The minimum Gasteiger partial charge on any atom is -0.454 e. The molecule has 0 saturated heterocycles. The van der Waals surface area contributed by atoms with Crippen LogP contribution in [-0.2, 0) is 24.3 Å². The Kier molecular flexibility index (Phi) is 7.95. The Hall–Kier alpha value is -4.08. The van der Waals surface area contributed by atoms with Crippen molar-refractivity contribution in [2.45, 2.75) is 24.8 Å². The molecule has 3 aromatic rings. The molecule has 0 unspecified atom stereocenters. The molecule has 1 atom stereocenters. The van der Waals surface area contributed by atoms with Crippen LogP contribution in [0.5, 0.6) is 0 Å². The quantitative estimate of drug-likeness (QED) is 0.430. The number of carbonyl (C=O) groups excluding carboxylic acids is 2. The third kappa shape index (κ3) is 6.08. The minimum atomic E-state index is -4.38. The molecule has 12 heteroatoms. The van der Waals surface area contributed by atoms with Gasteiger partial charge in [0.2, 0.25) is 10.0 Å². The minimum absolute atomic E-state index is 0.0837. The zero-order valence-electron chi connectivity index (χ0n) is 18.8. The molecular weight excluding hydrogens is 477 g/mol. The first-order valence-corrected chi connectivity index (χ1v) is 11.9. The summed E-state index contributed by atoms with van der Waals surface area (Å²) in [5, 5.41) is 15.9. The number of anilines is 1. The van der Waals surface area contributed by atoms with Gasteiger partial charge in [-0.1, -0.05) is 44.2 Å². The van der Waals surface area contributed by atoms with E-state index in [-0.39, 0.29) is 11.4 Å². The zero-order chi connectivity index (χ0) is 25.6. The summed E-state index contributed by atoms with van der Waals surface area (Å²) in [6.45, 7) is 2.37. The average molecular weight is 500 g/mol. The lowest BCUT2D eigenvalue weighted by Gasteiger charge is -2.21. The largest absolute Gasteiger partial charge is 0.454 e. The fourth-order valence-electron chi connectivity index (χ4n) is 3.06. The number of halogens is 1. The summed E-state index contributed by atoms with van der Waals surface area (Å²) in [6.07, 6.45) is 1.28. The number of ether oxygens (including phenoxy) is 1. The fraction of sp³-hybridized carbons (Fsp3) is 0.217. The summed E-state index contributed by atoms with van der Waals surface area (Å²) in [5.74, 6) is -3.25. The molecule has 2 N–H and O–H groups in total. The van der Waals surface area contributed by atoms with Gasteiger partial charge >= 0.3 is 5.97 Å².